The number of benzene rings is 2. The SMILES string of the molecule is Cc1ccc(S(=O)(=O)OCCCCNC(=O)COc2nc(SCc3ccc(F)cc3)nc3c2CCCC3)cc1. The van der Waals surface area contributed by atoms with E-state index in [9.17, 15) is 17.6 Å². The van der Waals surface area contributed by atoms with Crippen LogP contribution in [0.4, 0.5) is 4.39 Å². The largest absolute Gasteiger partial charge is 0.467 e. The summed E-state index contributed by atoms with van der Waals surface area (Å²) < 4.78 is 48.5. The van der Waals surface area contributed by atoms with Crippen LogP contribution >= 0.6 is 11.8 Å². The van der Waals surface area contributed by atoms with Crippen molar-refractivity contribution in [3.05, 3.63) is 76.7 Å². The fourth-order valence-electron chi connectivity index (χ4n) is 4.03. The number of fused-ring (bicyclic) bond motifs is 1. The van der Waals surface area contributed by atoms with Gasteiger partial charge in [-0.15, -0.1) is 0 Å². The fraction of sp³-hybridized carbons (Fsp3) is 0.393. The molecule has 2 aromatic carbocycles. The lowest BCUT2D eigenvalue weighted by molar-refractivity contribution is -0.123. The molecule has 1 aromatic heterocycles. The van der Waals surface area contributed by atoms with E-state index in [4.69, 9.17) is 13.9 Å². The number of unbranched alkanes of at least 4 members (excludes halogenated alkanes) is 1. The van der Waals surface area contributed by atoms with Gasteiger partial charge in [-0.25, -0.2) is 9.37 Å². The van der Waals surface area contributed by atoms with Crippen molar-refractivity contribution >= 4 is 27.8 Å². The molecular weight excluding hydrogens is 541 g/mol. The standard InChI is InChI=1S/C28H32FN3O5S2/c1-20-8-14-23(15-9-20)39(34,35)37-17-5-4-16-30-26(33)18-36-27-24-6-2-3-7-25(24)31-28(32-27)38-19-21-10-12-22(29)13-11-21/h8-15H,2-7,16-19H2,1H3,(H,30,33). The molecule has 0 aliphatic heterocycles. The monoisotopic (exact) mass is 573 g/mol. The first-order chi connectivity index (χ1) is 18.8. The minimum Gasteiger partial charge on any atom is -0.467 e. The molecule has 1 N–H and O–H groups in total. The van der Waals surface area contributed by atoms with Crippen LogP contribution in [0, 0.1) is 12.7 Å². The van der Waals surface area contributed by atoms with Crippen LogP contribution in [0.1, 0.15) is 48.1 Å². The summed E-state index contributed by atoms with van der Waals surface area (Å²) in [6.45, 7) is 2.11. The summed E-state index contributed by atoms with van der Waals surface area (Å²) in [5.74, 6) is 0.467. The van der Waals surface area contributed by atoms with Crippen molar-refractivity contribution in [2.24, 2.45) is 0 Å². The van der Waals surface area contributed by atoms with E-state index in [2.05, 4.69) is 10.3 Å². The molecule has 0 saturated carbocycles. The molecule has 11 heteroatoms. The second-order valence-corrected chi connectivity index (χ2v) is 11.9. The van der Waals surface area contributed by atoms with Gasteiger partial charge in [-0.3, -0.25) is 8.98 Å². The third-order valence-electron chi connectivity index (χ3n) is 6.19. The highest BCUT2D eigenvalue weighted by molar-refractivity contribution is 7.98. The van der Waals surface area contributed by atoms with Gasteiger partial charge in [-0.05, 0) is 75.3 Å². The minimum absolute atomic E-state index is 0.0357. The summed E-state index contributed by atoms with van der Waals surface area (Å²) in [5, 5.41) is 3.35. The van der Waals surface area contributed by atoms with E-state index < -0.39 is 10.1 Å². The average Bonchev–Trinajstić information content (AvgIpc) is 2.93. The van der Waals surface area contributed by atoms with Crippen LogP contribution in [-0.2, 0) is 37.7 Å². The number of hydrogen-bond acceptors (Lipinski definition) is 8. The Morgan fingerprint density at radius 2 is 1.77 bits per heavy atom. The molecule has 0 saturated heterocycles. The van der Waals surface area contributed by atoms with Gasteiger partial charge < -0.3 is 10.1 Å². The lowest BCUT2D eigenvalue weighted by atomic mass is 9.97. The first-order valence-electron chi connectivity index (χ1n) is 12.9. The van der Waals surface area contributed by atoms with Gasteiger partial charge in [0.25, 0.3) is 16.0 Å². The fourth-order valence-corrected chi connectivity index (χ4v) is 5.79. The maximum absolute atomic E-state index is 13.2. The number of rotatable bonds is 13. The van der Waals surface area contributed by atoms with E-state index in [1.165, 1.54) is 36.0 Å². The lowest BCUT2D eigenvalue weighted by Crippen LogP contribution is -2.30. The molecule has 1 aliphatic rings. The molecule has 0 fully saturated rings. The molecule has 0 unspecified atom stereocenters. The van der Waals surface area contributed by atoms with Gasteiger partial charge in [0, 0.05) is 17.9 Å². The van der Waals surface area contributed by atoms with Gasteiger partial charge >= 0.3 is 0 Å². The van der Waals surface area contributed by atoms with Crippen molar-refractivity contribution in [3.63, 3.8) is 0 Å². The quantitative estimate of drug-likeness (QED) is 0.135. The van der Waals surface area contributed by atoms with Crippen LogP contribution in [0.15, 0.2) is 58.6 Å². The van der Waals surface area contributed by atoms with Gasteiger partial charge in [-0.1, -0.05) is 41.6 Å². The van der Waals surface area contributed by atoms with Gasteiger partial charge in [-0.2, -0.15) is 13.4 Å². The van der Waals surface area contributed by atoms with Gasteiger partial charge in [0.2, 0.25) is 5.88 Å². The van der Waals surface area contributed by atoms with Crippen LogP contribution in [-0.4, -0.2) is 44.1 Å². The van der Waals surface area contributed by atoms with Crippen LogP contribution in [0.2, 0.25) is 0 Å². The van der Waals surface area contributed by atoms with E-state index in [1.54, 1.807) is 24.3 Å². The van der Waals surface area contributed by atoms with E-state index in [0.717, 1.165) is 48.1 Å². The van der Waals surface area contributed by atoms with Gasteiger partial charge in [0.1, 0.15) is 5.82 Å². The maximum Gasteiger partial charge on any atom is 0.296 e. The zero-order chi connectivity index (χ0) is 27.7. The summed E-state index contributed by atoms with van der Waals surface area (Å²) in [6, 6.07) is 12.8. The molecular formula is C28H32FN3O5S2. The van der Waals surface area contributed by atoms with Crippen LogP contribution in [0.5, 0.6) is 5.88 Å². The number of nitrogens with one attached hydrogen (secondary N) is 1. The molecule has 0 atom stereocenters. The number of aromatic nitrogens is 2. The van der Waals surface area contributed by atoms with Crippen LogP contribution < -0.4 is 10.1 Å². The number of nitrogens with zero attached hydrogens (tertiary/aromatic N) is 2. The number of thioether (sulfide) groups is 1. The third kappa shape index (κ3) is 8.74. The van der Waals surface area contributed by atoms with Gasteiger partial charge in [0.05, 0.1) is 17.2 Å². The zero-order valence-electron chi connectivity index (χ0n) is 21.8. The van der Waals surface area contributed by atoms with Crippen molar-refractivity contribution in [1.29, 1.82) is 0 Å². The van der Waals surface area contributed by atoms with E-state index in [-0.39, 0.29) is 29.8 Å². The lowest BCUT2D eigenvalue weighted by Gasteiger charge is -2.19. The molecule has 1 amide bonds. The highest BCUT2D eigenvalue weighted by atomic mass is 32.2. The predicted molar refractivity (Wildman–Crippen MR) is 147 cm³/mol. The Morgan fingerprint density at radius 1 is 1.03 bits per heavy atom. The summed E-state index contributed by atoms with van der Waals surface area (Å²) in [5.41, 5.74) is 3.83. The molecule has 208 valence electrons. The Hall–Kier alpha value is -3.02. The normalized spacial score (nSPS) is 13.1. The van der Waals surface area contributed by atoms with Crippen molar-refractivity contribution in [2.75, 3.05) is 19.8 Å². The first-order valence-corrected chi connectivity index (χ1v) is 15.3. The van der Waals surface area contributed by atoms with E-state index in [1.807, 2.05) is 6.92 Å². The Morgan fingerprint density at radius 3 is 2.54 bits per heavy atom. The summed E-state index contributed by atoms with van der Waals surface area (Å²) in [7, 11) is -3.79. The second-order valence-electron chi connectivity index (χ2n) is 9.29. The summed E-state index contributed by atoms with van der Waals surface area (Å²) in [6.07, 6.45) is 4.74. The maximum atomic E-state index is 13.2. The molecule has 4 rings (SSSR count). The highest BCUT2D eigenvalue weighted by Crippen LogP contribution is 2.30. The van der Waals surface area contributed by atoms with Crippen molar-refractivity contribution in [1.82, 2.24) is 15.3 Å². The smallest absolute Gasteiger partial charge is 0.296 e. The molecule has 1 aliphatic carbocycles. The van der Waals surface area contributed by atoms with Gasteiger partial charge in [0.15, 0.2) is 11.8 Å². The number of hydrogen-bond donors (Lipinski definition) is 1. The predicted octanol–water partition coefficient (Wildman–Crippen LogP) is 4.78. The third-order valence-corrected chi connectivity index (χ3v) is 8.43. The Balaban J connectivity index is 1.21. The van der Waals surface area contributed by atoms with Crippen molar-refractivity contribution in [3.8, 4) is 5.88 Å². The average molecular weight is 574 g/mol. The van der Waals surface area contributed by atoms with E-state index >= 15 is 0 Å². The van der Waals surface area contributed by atoms with E-state index in [0.29, 0.717) is 36.2 Å². The zero-order valence-corrected chi connectivity index (χ0v) is 23.5. The van der Waals surface area contributed by atoms with Crippen LogP contribution in [0.25, 0.3) is 0 Å². The molecule has 0 bridgehead atoms. The Bertz CT molecular complexity index is 1370. The molecule has 8 nitrogen and oxygen atoms in total. The topological polar surface area (TPSA) is 107 Å². The molecule has 0 radical (unpaired) electrons. The Labute approximate surface area is 232 Å². The molecule has 1 heterocycles. The molecule has 3 aromatic rings. The summed E-state index contributed by atoms with van der Waals surface area (Å²) >= 11 is 1.44. The minimum atomic E-state index is -3.79. The second kappa shape index (κ2) is 13.9. The van der Waals surface area contributed by atoms with Crippen molar-refractivity contribution in [2.45, 2.75) is 61.3 Å². The number of ether oxygens (including phenoxy) is 1. The molecule has 39 heavy (non-hydrogen) atoms. The number of halogens is 1. The van der Waals surface area contributed by atoms with Crippen LogP contribution in [0.3, 0.4) is 0 Å². The number of carbonyl (C=O) groups excluding carboxylic acids is 1. The highest BCUT2D eigenvalue weighted by Gasteiger charge is 2.20. The van der Waals surface area contributed by atoms with Crippen molar-refractivity contribution < 1.29 is 26.5 Å². The first kappa shape index (κ1) is 29.0. The number of amides is 1. The Kier molecular flexibility index (Phi) is 10.3. The number of aryl methyl sites for hydroxylation is 2. The number of carbonyl (C=O) groups is 1. The summed E-state index contributed by atoms with van der Waals surface area (Å²) in [4.78, 5) is 21.8. The molecule has 0 spiro atoms.